The standard InChI is InChI=1S/C16H16N2O2/c1-17-9-11(19)10-20-12-6-7-14-13-4-2-3-5-15(13)18-16(14)8-12/h2-8,11,13,19H,1,9-10H2. The van der Waals surface area contributed by atoms with Crippen molar-refractivity contribution in [3.63, 3.8) is 0 Å². The molecule has 1 heterocycles. The third kappa shape index (κ3) is 2.42. The van der Waals surface area contributed by atoms with E-state index in [0.29, 0.717) is 5.75 Å². The van der Waals surface area contributed by atoms with E-state index < -0.39 is 6.10 Å². The van der Waals surface area contributed by atoms with E-state index in [9.17, 15) is 5.11 Å². The van der Waals surface area contributed by atoms with Crippen molar-refractivity contribution in [3.8, 4) is 5.75 Å². The number of allylic oxidation sites excluding steroid dienone is 4. The maximum Gasteiger partial charge on any atom is 0.121 e. The van der Waals surface area contributed by atoms with Gasteiger partial charge in [0, 0.05) is 12.0 Å². The summed E-state index contributed by atoms with van der Waals surface area (Å²) in [5.41, 5.74) is 3.20. The SMILES string of the molecule is C=NCC(O)COc1ccc2c(c1)N=C1C=CC=CC12. The van der Waals surface area contributed by atoms with Gasteiger partial charge in [0.15, 0.2) is 0 Å². The molecule has 1 aliphatic carbocycles. The fraction of sp³-hybridized carbons (Fsp3) is 0.250. The summed E-state index contributed by atoms with van der Waals surface area (Å²) in [5.74, 6) is 0.974. The second kappa shape index (κ2) is 5.43. The molecule has 0 saturated carbocycles. The van der Waals surface area contributed by atoms with Crippen LogP contribution in [0.2, 0.25) is 0 Å². The highest BCUT2D eigenvalue weighted by Gasteiger charge is 2.24. The summed E-state index contributed by atoms with van der Waals surface area (Å²) >= 11 is 0. The summed E-state index contributed by atoms with van der Waals surface area (Å²) in [6, 6.07) is 5.86. The number of benzene rings is 1. The minimum Gasteiger partial charge on any atom is -0.491 e. The number of rotatable bonds is 5. The fourth-order valence-electron chi connectivity index (χ4n) is 2.41. The third-order valence-corrected chi connectivity index (χ3v) is 3.37. The Bertz CT molecular complexity index is 617. The van der Waals surface area contributed by atoms with Crippen LogP contribution < -0.4 is 4.74 Å². The molecular weight excluding hydrogens is 252 g/mol. The predicted octanol–water partition coefficient (Wildman–Crippen LogP) is 2.42. The number of hydrogen-bond donors (Lipinski definition) is 1. The van der Waals surface area contributed by atoms with Crippen LogP contribution >= 0.6 is 0 Å². The Labute approximate surface area is 117 Å². The average molecular weight is 268 g/mol. The van der Waals surface area contributed by atoms with Gasteiger partial charge in [-0.25, -0.2) is 0 Å². The van der Waals surface area contributed by atoms with Crippen molar-refractivity contribution < 1.29 is 9.84 Å². The van der Waals surface area contributed by atoms with Gasteiger partial charge >= 0.3 is 0 Å². The van der Waals surface area contributed by atoms with Gasteiger partial charge in [-0.15, -0.1) is 0 Å². The minimum atomic E-state index is -0.625. The van der Waals surface area contributed by atoms with E-state index in [0.717, 1.165) is 11.4 Å². The highest BCUT2D eigenvalue weighted by molar-refractivity contribution is 6.08. The van der Waals surface area contributed by atoms with Gasteiger partial charge in [0.1, 0.15) is 18.5 Å². The number of nitrogens with zero attached hydrogens (tertiary/aromatic N) is 2. The van der Waals surface area contributed by atoms with Crippen LogP contribution in [0.4, 0.5) is 5.69 Å². The van der Waals surface area contributed by atoms with Crippen molar-refractivity contribution in [2.45, 2.75) is 12.0 Å². The summed E-state index contributed by atoms with van der Waals surface area (Å²) in [6.07, 6.45) is 7.59. The van der Waals surface area contributed by atoms with E-state index in [1.54, 1.807) is 0 Å². The summed E-state index contributed by atoms with van der Waals surface area (Å²) < 4.78 is 5.56. The average Bonchev–Trinajstić information content (AvgIpc) is 2.83. The van der Waals surface area contributed by atoms with Crippen LogP contribution in [0.3, 0.4) is 0 Å². The van der Waals surface area contributed by atoms with E-state index in [4.69, 9.17) is 4.74 Å². The summed E-state index contributed by atoms with van der Waals surface area (Å²) in [5, 5.41) is 9.57. The molecule has 3 rings (SSSR count). The molecule has 0 radical (unpaired) electrons. The predicted molar refractivity (Wildman–Crippen MR) is 80.5 cm³/mol. The Morgan fingerprint density at radius 3 is 3.15 bits per heavy atom. The van der Waals surface area contributed by atoms with E-state index >= 15 is 0 Å². The third-order valence-electron chi connectivity index (χ3n) is 3.37. The monoisotopic (exact) mass is 268 g/mol. The van der Waals surface area contributed by atoms with Crippen LogP contribution in [0.5, 0.6) is 5.75 Å². The normalized spacial score (nSPS) is 20.1. The van der Waals surface area contributed by atoms with E-state index in [2.05, 4.69) is 22.8 Å². The van der Waals surface area contributed by atoms with Crippen molar-refractivity contribution in [2.24, 2.45) is 9.98 Å². The first kappa shape index (κ1) is 12.8. The van der Waals surface area contributed by atoms with Gasteiger partial charge in [-0.2, -0.15) is 0 Å². The zero-order chi connectivity index (χ0) is 13.9. The van der Waals surface area contributed by atoms with Crippen LogP contribution in [0.1, 0.15) is 11.5 Å². The Morgan fingerprint density at radius 1 is 1.40 bits per heavy atom. The van der Waals surface area contributed by atoms with Crippen molar-refractivity contribution in [1.29, 1.82) is 0 Å². The Hall–Kier alpha value is -2.20. The molecule has 20 heavy (non-hydrogen) atoms. The van der Waals surface area contributed by atoms with Gasteiger partial charge in [0.2, 0.25) is 0 Å². The topological polar surface area (TPSA) is 54.2 Å². The van der Waals surface area contributed by atoms with Crippen molar-refractivity contribution in [2.75, 3.05) is 13.2 Å². The van der Waals surface area contributed by atoms with E-state index in [1.165, 1.54) is 5.56 Å². The number of ether oxygens (including phenoxy) is 1. The molecule has 102 valence electrons. The molecule has 0 fully saturated rings. The molecule has 2 atom stereocenters. The number of hydrogen-bond acceptors (Lipinski definition) is 4. The Balaban J connectivity index is 1.74. The van der Waals surface area contributed by atoms with Gasteiger partial charge in [-0.3, -0.25) is 9.98 Å². The zero-order valence-corrected chi connectivity index (χ0v) is 11.1. The molecule has 0 saturated heterocycles. The van der Waals surface area contributed by atoms with Crippen molar-refractivity contribution in [3.05, 3.63) is 48.1 Å². The molecule has 1 aliphatic heterocycles. The smallest absolute Gasteiger partial charge is 0.121 e. The molecule has 4 heteroatoms. The largest absolute Gasteiger partial charge is 0.491 e. The van der Waals surface area contributed by atoms with Gasteiger partial charge in [-0.1, -0.05) is 24.3 Å². The molecule has 0 spiro atoms. The van der Waals surface area contributed by atoms with Gasteiger partial charge in [-0.05, 0) is 24.4 Å². The quantitative estimate of drug-likeness (QED) is 0.834. The molecule has 4 nitrogen and oxygen atoms in total. The molecule has 0 aromatic heterocycles. The molecule has 1 aromatic carbocycles. The van der Waals surface area contributed by atoms with Crippen LogP contribution in [0.15, 0.2) is 52.5 Å². The van der Waals surface area contributed by atoms with Crippen LogP contribution in [0, 0.1) is 0 Å². The van der Waals surface area contributed by atoms with Gasteiger partial charge in [0.25, 0.3) is 0 Å². The second-order valence-electron chi connectivity index (χ2n) is 4.85. The molecular formula is C16H16N2O2. The maximum atomic E-state index is 9.57. The van der Waals surface area contributed by atoms with E-state index in [-0.39, 0.29) is 19.1 Å². The Kier molecular flexibility index (Phi) is 3.48. The first-order valence-corrected chi connectivity index (χ1v) is 6.58. The number of fused-ring (bicyclic) bond motifs is 3. The molecule has 1 N–H and O–H groups in total. The van der Waals surface area contributed by atoms with Crippen molar-refractivity contribution in [1.82, 2.24) is 0 Å². The molecule has 1 aromatic rings. The second-order valence-corrected chi connectivity index (χ2v) is 4.85. The lowest BCUT2D eigenvalue weighted by molar-refractivity contribution is 0.115. The minimum absolute atomic E-state index is 0.206. The molecule has 0 bridgehead atoms. The van der Waals surface area contributed by atoms with Crippen LogP contribution in [-0.2, 0) is 0 Å². The molecule has 2 aliphatic rings. The lowest BCUT2D eigenvalue weighted by Gasteiger charge is -2.12. The first-order valence-electron chi connectivity index (χ1n) is 6.58. The van der Waals surface area contributed by atoms with Crippen LogP contribution in [0.25, 0.3) is 0 Å². The molecule has 2 unspecified atom stereocenters. The van der Waals surface area contributed by atoms with E-state index in [1.807, 2.05) is 36.4 Å². The number of aliphatic hydroxyl groups is 1. The number of aliphatic imine (C=N–C) groups is 2. The zero-order valence-electron chi connectivity index (χ0n) is 11.1. The lowest BCUT2D eigenvalue weighted by Crippen LogP contribution is -2.20. The first-order chi connectivity index (χ1) is 9.78. The van der Waals surface area contributed by atoms with Gasteiger partial charge < -0.3 is 9.84 Å². The fourth-order valence-corrected chi connectivity index (χ4v) is 2.41. The van der Waals surface area contributed by atoms with Crippen LogP contribution in [-0.4, -0.2) is 36.8 Å². The summed E-state index contributed by atoms with van der Waals surface area (Å²) in [7, 11) is 0. The number of aliphatic hydroxyl groups excluding tert-OH is 1. The summed E-state index contributed by atoms with van der Waals surface area (Å²) in [6.45, 7) is 3.84. The van der Waals surface area contributed by atoms with Crippen molar-refractivity contribution >= 4 is 18.1 Å². The molecule has 0 amide bonds. The maximum absolute atomic E-state index is 9.57. The van der Waals surface area contributed by atoms with Gasteiger partial charge in [0.05, 0.1) is 17.9 Å². The lowest BCUT2D eigenvalue weighted by atomic mass is 9.93. The Morgan fingerprint density at radius 2 is 2.30 bits per heavy atom. The highest BCUT2D eigenvalue weighted by atomic mass is 16.5. The summed E-state index contributed by atoms with van der Waals surface area (Å²) in [4.78, 5) is 8.24. The highest BCUT2D eigenvalue weighted by Crippen LogP contribution is 2.39.